The van der Waals surface area contributed by atoms with E-state index in [4.69, 9.17) is 4.74 Å². The van der Waals surface area contributed by atoms with Gasteiger partial charge in [-0.2, -0.15) is 5.10 Å². The fraction of sp³-hybridized carbons (Fsp3) is 0.692. The van der Waals surface area contributed by atoms with Crippen LogP contribution in [0, 0.1) is 0 Å². The Bertz CT molecular complexity index is 451. The van der Waals surface area contributed by atoms with Crippen LogP contribution in [0.5, 0.6) is 0 Å². The van der Waals surface area contributed by atoms with Crippen molar-refractivity contribution in [2.45, 2.75) is 45.3 Å². The van der Waals surface area contributed by atoms with Gasteiger partial charge in [0.1, 0.15) is 0 Å². The molecule has 1 aliphatic carbocycles. The first-order valence-electron chi connectivity index (χ1n) is 6.76. The molecule has 0 atom stereocenters. The van der Waals surface area contributed by atoms with Crippen molar-refractivity contribution in [1.29, 1.82) is 0 Å². The van der Waals surface area contributed by atoms with Gasteiger partial charge in [-0.05, 0) is 25.8 Å². The lowest BCUT2D eigenvalue weighted by Gasteiger charge is -2.39. The molecule has 3 rings (SSSR count). The molecule has 0 spiro atoms. The topological polar surface area (TPSA) is 47.4 Å². The third-order valence-electron chi connectivity index (χ3n) is 3.90. The fourth-order valence-corrected chi connectivity index (χ4v) is 2.65. The maximum atomic E-state index is 11.6. The second kappa shape index (κ2) is 4.72. The molecular formula is C13H19N3O2. The average molecular weight is 249 g/mol. The zero-order valence-electron chi connectivity index (χ0n) is 10.8. The van der Waals surface area contributed by atoms with E-state index in [1.165, 1.54) is 19.3 Å². The highest BCUT2D eigenvalue weighted by molar-refractivity contribution is 5.87. The molecule has 0 aromatic carbocycles. The molecule has 0 unspecified atom stereocenters. The molecule has 0 radical (unpaired) electrons. The Balaban J connectivity index is 1.73. The quantitative estimate of drug-likeness (QED) is 0.760. The Morgan fingerprint density at radius 3 is 3.00 bits per heavy atom. The number of ether oxygens (including phenoxy) is 1. The van der Waals surface area contributed by atoms with Crippen LogP contribution < -0.4 is 0 Å². The molecule has 2 aliphatic rings. The van der Waals surface area contributed by atoms with Gasteiger partial charge < -0.3 is 4.74 Å². The summed E-state index contributed by atoms with van der Waals surface area (Å²) in [5.41, 5.74) is 1.58. The number of carbonyl (C=O) groups is 1. The zero-order chi connectivity index (χ0) is 12.5. The first-order chi connectivity index (χ1) is 8.78. The largest absolute Gasteiger partial charge is 0.461 e. The number of fused-ring (bicyclic) bond motifs is 1. The maximum Gasteiger partial charge on any atom is 0.358 e. The molecule has 1 aromatic rings. The summed E-state index contributed by atoms with van der Waals surface area (Å²) >= 11 is 0. The monoisotopic (exact) mass is 249 g/mol. The van der Waals surface area contributed by atoms with Crippen LogP contribution in [0.1, 0.15) is 42.4 Å². The third-order valence-corrected chi connectivity index (χ3v) is 3.90. The molecule has 5 nitrogen and oxygen atoms in total. The molecule has 0 saturated heterocycles. The minimum Gasteiger partial charge on any atom is -0.461 e. The van der Waals surface area contributed by atoms with Crippen LogP contribution in [0.2, 0.25) is 0 Å². The SMILES string of the molecule is CCOC(=O)c1cc2n(n1)CCN(C1CCC1)C2. The summed E-state index contributed by atoms with van der Waals surface area (Å²) in [4.78, 5) is 14.1. The highest BCUT2D eigenvalue weighted by Crippen LogP contribution is 2.28. The molecule has 2 heterocycles. The second-order valence-corrected chi connectivity index (χ2v) is 5.02. The lowest BCUT2D eigenvalue weighted by Crippen LogP contribution is -2.44. The summed E-state index contributed by atoms with van der Waals surface area (Å²) < 4.78 is 6.93. The standard InChI is InChI=1S/C13H19N3O2/c1-2-18-13(17)12-8-11-9-15(10-4-3-5-10)6-7-16(11)14-12/h8,10H,2-7,9H2,1H3. The number of carbonyl (C=O) groups excluding carboxylic acids is 1. The van der Waals surface area contributed by atoms with Crippen LogP contribution in [0.4, 0.5) is 0 Å². The van der Waals surface area contributed by atoms with Gasteiger partial charge in [0.05, 0.1) is 18.8 Å². The molecule has 0 bridgehead atoms. The number of rotatable bonds is 3. The Kier molecular flexibility index (Phi) is 3.07. The smallest absolute Gasteiger partial charge is 0.358 e. The van der Waals surface area contributed by atoms with E-state index >= 15 is 0 Å². The Hall–Kier alpha value is -1.36. The van der Waals surface area contributed by atoms with Crippen molar-refractivity contribution in [3.8, 4) is 0 Å². The van der Waals surface area contributed by atoms with Gasteiger partial charge in [0.25, 0.3) is 0 Å². The molecule has 98 valence electrons. The highest BCUT2D eigenvalue weighted by atomic mass is 16.5. The predicted molar refractivity (Wildman–Crippen MR) is 66.2 cm³/mol. The van der Waals surface area contributed by atoms with Gasteiger partial charge in [0.15, 0.2) is 5.69 Å². The van der Waals surface area contributed by atoms with Crippen molar-refractivity contribution in [1.82, 2.24) is 14.7 Å². The molecule has 1 saturated carbocycles. The fourth-order valence-electron chi connectivity index (χ4n) is 2.65. The molecule has 1 fully saturated rings. The minimum absolute atomic E-state index is 0.311. The summed E-state index contributed by atoms with van der Waals surface area (Å²) in [5.74, 6) is -0.311. The van der Waals surface area contributed by atoms with Gasteiger partial charge >= 0.3 is 5.97 Å². The number of aromatic nitrogens is 2. The summed E-state index contributed by atoms with van der Waals surface area (Å²) in [7, 11) is 0. The summed E-state index contributed by atoms with van der Waals surface area (Å²) in [5, 5.41) is 4.32. The summed E-state index contributed by atoms with van der Waals surface area (Å²) in [6.07, 6.45) is 3.99. The van der Waals surface area contributed by atoms with E-state index in [9.17, 15) is 4.79 Å². The lowest BCUT2D eigenvalue weighted by molar-refractivity contribution is 0.0517. The first kappa shape index (κ1) is 11.7. The number of hydrogen-bond donors (Lipinski definition) is 0. The van der Waals surface area contributed by atoms with Gasteiger partial charge in [-0.15, -0.1) is 0 Å². The van der Waals surface area contributed by atoms with Gasteiger partial charge in [-0.1, -0.05) is 6.42 Å². The van der Waals surface area contributed by atoms with E-state index in [1.807, 2.05) is 17.7 Å². The average Bonchev–Trinajstić information content (AvgIpc) is 2.70. The third kappa shape index (κ3) is 2.03. The number of hydrogen-bond acceptors (Lipinski definition) is 4. The van der Waals surface area contributed by atoms with Crippen LogP contribution in [0.25, 0.3) is 0 Å². The van der Waals surface area contributed by atoms with E-state index in [0.717, 1.165) is 31.4 Å². The molecule has 18 heavy (non-hydrogen) atoms. The van der Waals surface area contributed by atoms with Gasteiger partial charge in [-0.25, -0.2) is 4.79 Å². The second-order valence-electron chi connectivity index (χ2n) is 5.02. The van der Waals surface area contributed by atoms with E-state index in [2.05, 4.69) is 10.00 Å². The molecule has 1 aromatic heterocycles. The van der Waals surface area contributed by atoms with E-state index < -0.39 is 0 Å². The lowest BCUT2D eigenvalue weighted by atomic mass is 9.91. The van der Waals surface area contributed by atoms with Crippen molar-refractivity contribution >= 4 is 5.97 Å². The van der Waals surface area contributed by atoms with Crippen molar-refractivity contribution in [3.63, 3.8) is 0 Å². The molecule has 5 heteroatoms. The van der Waals surface area contributed by atoms with Crippen molar-refractivity contribution in [2.24, 2.45) is 0 Å². The van der Waals surface area contributed by atoms with Gasteiger partial charge in [-0.3, -0.25) is 9.58 Å². The van der Waals surface area contributed by atoms with Crippen LogP contribution in [0.3, 0.4) is 0 Å². The van der Waals surface area contributed by atoms with E-state index in [0.29, 0.717) is 12.3 Å². The van der Waals surface area contributed by atoms with Crippen molar-refractivity contribution in [2.75, 3.05) is 13.2 Å². The normalized spacial score (nSPS) is 20.3. The Labute approximate surface area is 107 Å². The van der Waals surface area contributed by atoms with Crippen LogP contribution in [-0.4, -0.2) is 39.8 Å². The minimum atomic E-state index is -0.311. The molecular weight excluding hydrogens is 230 g/mol. The van der Waals surface area contributed by atoms with Gasteiger partial charge in [0.2, 0.25) is 0 Å². The van der Waals surface area contributed by atoms with Crippen molar-refractivity contribution < 1.29 is 9.53 Å². The summed E-state index contributed by atoms with van der Waals surface area (Å²) in [6, 6.07) is 2.63. The van der Waals surface area contributed by atoms with E-state index in [1.54, 1.807) is 0 Å². The van der Waals surface area contributed by atoms with Crippen LogP contribution in [0.15, 0.2) is 6.07 Å². The Morgan fingerprint density at radius 1 is 1.50 bits per heavy atom. The Morgan fingerprint density at radius 2 is 2.33 bits per heavy atom. The molecule has 0 N–H and O–H groups in total. The van der Waals surface area contributed by atoms with Crippen LogP contribution in [-0.2, 0) is 17.8 Å². The maximum absolute atomic E-state index is 11.6. The predicted octanol–water partition coefficient (Wildman–Crippen LogP) is 1.43. The summed E-state index contributed by atoms with van der Waals surface area (Å²) in [6.45, 7) is 5.05. The van der Waals surface area contributed by atoms with E-state index in [-0.39, 0.29) is 5.97 Å². The number of nitrogens with zero attached hydrogens (tertiary/aromatic N) is 3. The number of esters is 1. The first-order valence-corrected chi connectivity index (χ1v) is 6.76. The highest BCUT2D eigenvalue weighted by Gasteiger charge is 2.29. The van der Waals surface area contributed by atoms with Crippen molar-refractivity contribution in [3.05, 3.63) is 17.5 Å². The van der Waals surface area contributed by atoms with Crippen LogP contribution >= 0.6 is 0 Å². The van der Waals surface area contributed by atoms with Gasteiger partial charge in [0, 0.05) is 19.1 Å². The molecule has 1 aliphatic heterocycles. The zero-order valence-corrected chi connectivity index (χ0v) is 10.8. The molecule has 0 amide bonds.